The van der Waals surface area contributed by atoms with Gasteiger partial charge in [-0.2, -0.15) is 0 Å². The first-order chi connectivity index (χ1) is 15.1. The highest BCUT2D eigenvalue weighted by Crippen LogP contribution is 2.27. The van der Waals surface area contributed by atoms with Gasteiger partial charge in [0.1, 0.15) is 0 Å². The lowest BCUT2D eigenvalue weighted by molar-refractivity contribution is -0.385. The quantitative estimate of drug-likeness (QED) is 0.385. The lowest BCUT2D eigenvalue weighted by atomic mass is 10.1. The molecule has 0 atom stereocenters. The van der Waals surface area contributed by atoms with E-state index in [9.17, 15) is 28.1 Å². The molecule has 0 saturated carbocycles. The van der Waals surface area contributed by atoms with Crippen LogP contribution in [-0.2, 0) is 19.3 Å². The van der Waals surface area contributed by atoms with Gasteiger partial charge in [-0.1, -0.05) is 0 Å². The third kappa shape index (κ3) is 5.21. The molecule has 3 rings (SSSR count). The lowest BCUT2D eigenvalue weighted by Gasteiger charge is -2.29. The Morgan fingerprint density at radius 3 is 2.44 bits per heavy atom. The number of nitro groups is 1. The summed E-state index contributed by atoms with van der Waals surface area (Å²) in [5, 5.41) is 13.7. The molecule has 11 nitrogen and oxygen atoms in total. The van der Waals surface area contributed by atoms with Crippen LogP contribution in [0.15, 0.2) is 41.3 Å². The summed E-state index contributed by atoms with van der Waals surface area (Å²) in [6.07, 6.45) is 0.882. The number of ether oxygens (including phenoxy) is 2. The molecule has 0 aliphatic carbocycles. The number of hydrogen-bond acceptors (Lipinski definition) is 9. The number of non-ortho nitro benzene ring substituents is 1. The van der Waals surface area contributed by atoms with Crippen LogP contribution in [0.3, 0.4) is 0 Å². The monoisotopic (exact) mass is 463 g/mol. The summed E-state index contributed by atoms with van der Waals surface area (Å²) < 4.78 is 33.9. The number of nitro benzene ring substituents is 1. The third-order valence-electron chi connectivity index (χ3n) is 4.83. The Hall–Kier alpha value is -3.51. The number of carbonyl (C=O) groups is 2. The van der Waals surface area contributed by atoms with Gasteiger partial charge in [0.2, 0.25) is 0 Å². The highest BCUT2D eigenvalue weighted by molar-refractivity contribution is 7.90. The molecule has 0 aromatic heterocycles. The molecular weight excluding hydrogens is 442 g/mol. The molecular formula is C20H21N3O8S. The molecule has 1 aliphatic rings. The van der Waals surface area contributed by atoms with Gasteiger partial charge in [0.05, 0.1) is 41.4 Å². The molecule has 170 valence electrons. The largest absolute Gasteiger partial charge is 0.465 e. The van der Waals surface area contributed by atoms with E-state index in [1.807, 2.05) is 4.90 Å². The van der Waals surface area contributed by atoms with Crippen LogP contribution in [0.2, 0.25) is 0 Å². The SMILES string of the molecule is COC(=O)c1cc(N2CCOCC2)ccc1NC(=O)c1cc([N+](=O)[O-])cc(S(C)(=O)=O)c1. The average molecular weight is 463 g/mol. The molecule has 1 aliphatic heterocycles. The van der Waals surface area contributed by atoms with E-state index in [0.717, 1.165) is 30.1 Å². The van der Waals surface area contributed by atoms with E-state index in [4.69, 9.17) is 9.47 Å². The molecule has 0 radical (unpaired) electrons. The Labute approximate surface area is 184 Å². The minimum atomic E-state index is -3.81. The molecule has 1 saturated heterocycles. The first-order valence-corrected chi connectivity index (χ1v) is 11.3. The summed E-state index contributed by atoms with van der Waals surface area (Å²) in [4.78, 5) is 37.2. The van der Waals surface area contributed by atoms with Crippen molar-refractivity contribution < 1.29 is 32.4 Å². The minimum absolute atomic E-state index is 0.0820. The Kier molecular flexibility index (Phi) is 6.75. The van der Waals surface area contributed by atoms with Crippen molar-refractivity contribution in [3.8, 4) is 0 Å². The topological polar surface area (TPSA) is 145 Å². The van der Waals surface area contributed by atoms with Crippen LogP contribution in [0.4, 0.5) is 17.1 Å². The van der Waals surface area contributed by atoms with Crippen LogP contribution in [0.25, 0.3) is 0 Å². The summed E-state index contributed by atoms with van der Waals surface area (Å²) in [5.74, 6) is -1.51. The molecule has 1 amide bonds. The predicted molar refractivity (Wildman–Crippen MR) is 115 cm³/mol. The number of methoxy groups -OCH3 is 1. The number of hydrogen-bond donors (Lipinski definition) is 1. The zero-order valence-electron chi connectivity index (χ0n) is 17.4. The number of amides is 1. The fraction of sp³-hybridized carbons (Fsp3) is 0.300. The van der Waals surface area contributed by atoms with Gasteiger partial charge in [-0.25, -0.2) is 13.2 Å². The van der Waals surface area contributed by atoms with Gasteiger partial charge < -0.3 is 19.7 Å². The molecule has 1 fully saturated rings. The first-order valence-electron chi connectivity index (χ1n) is 9.46. The number of benzene rings is 2. The summed E-state index contributed by atoms with van der Waals surface area (Å²) >= 11 is 0. The van der Waals surface area contributed by atoms with Crippen molar-refractivity contribution in [2.24, 2.45) is 0 Å². The Bertz CT molecular complexity index is 1170. The van der Waals surface area contributed by atoms with Gasteiger partial charge in [-0.05, 0) is 24.3 Å². The first kappa shape index (κ1) is 23.2. The number of nitrogens with zero attached hydrogens (tertiary/aromatic N) is 2. The number of morpholine rings is 1. The fourth-order valence-electron chi connectivity index (χ4n) is 3.17. The van der Waals surface area contributed by atoms with Crippen molar-refractivity contribution in [3.05, 3.63) is 57.6 Å². The maximum atomic E-state index is 12.8. The van der Waals surface area contributed by atoms with Crippen molar-refractivity contribution in [1.29, 1.82) is 0 Å². The van der Waals surface area contributed by atoms with E-state index in [1.165, 1.54) is 13.2 Å². The molecule has 0 unspecified atom stereocenters. The third-order valence-corrected chi connectivity index (χ3v) is 5.92. The van der Waals surface area contributed by atoms with Crippen molar-refractivity contribution >= 4 is 38.8 Å². The van der Waals surface area contributed by atoms with Crippen LogP contribution in [0.5, 0.6) is 0 Å². The van der Waals surface area contributed by atoms with Gasteiger partial charge in [-0.15, -0.1) is 0 Å². The fourth-order valence-corrected chi connectivity index (χ4v) is 3.84. The van der Waals surface area contributed by atoms with Gasteiger partial charge in [-0.3, -0.25) is 14.9 Å². The Morgan fingerprint density at radius 2 is 1.84 bits per heavy atom. The van der Waals surface area contributed by atoms with Crippen molar-refractivity contribution in [1.82, 2.24) is 0 Å². The minimum Gasteiger partial charge on any atom is -0.465 e. The number of esters is 1. The van der Waals surface area contributed by atoms with E-state index in [2.05, 4.69) is 5.32 Å². The van der Waals surface area contributed by atoms with Gasteiger partial charge in [0, 0.05) is 42.7 Å². The number of nitrogens with one attached hydrogen (secondary N) is 1. The number of sulfone groups is 1. The molecule has 32 heavy (non-hydrogen) atoms. The second kappa shape index (κ2) is 9.32. The Balaban J connectivity index is 1.97. The second-order valence-corrected chi connectivity index (χ2v) is 9.04. The molecule has 2 aromatic rings. The average Bonchev–Trinajstić information content (AvgIpc) is 2.78. The zero-order valence-corrected chi connectivity index (χ0v) is 18.2. The Morgan fingerprint density at radius 1 is 1.16 bits per heavy atom. The maximum absolute atomic E-state index is 12.8. The highest BCUT2D eigenvalue weighted by atomic mass is 32.2. The zero-order chi connectivity index (χ0) is 23.5. The maximum Gasteiger partial charge on any atom is 0.340 e. The molecule has 0 spiro atoms. The van der Waals surface area contributed by atoms with Crippen LogP contribution < -0.4 is 10.2 Å². The molecule has 1 heterocycles. The molecule has 1 N–H and O–H groups in total. The van der Waals surface area contributed by atoms with Crippen LogP contribution in [0, 0.1) is 10.1 Å². The van der Waals surface area contributed by atoms with E-state index < -0.39 is 32.3 Å². The van der Waals surface area contributed by atoms with Gasteiger partial charge in [0.15, 0.2) is 9.84 Å². The van der Waals surface area contributed by atoms with Crippen LogP contribution >= 0.6 is 0 Å². The summed E-state index contributed by atoms with van der Waals surface area (Å²) in [6, 6.07) is 7.68. The highest BCUT2D eigenvalue weighted by Gasteiger charge is 2.22. The molecule has 12 heteroatoms. The summed E-state index contributed by atoms with van der Waals surface area (Å²) in [7, 11) is -2.60. The van der Waals surface area contributed by atoms with Crippen molar-refractivity contribution in [3.63, 3.8) is 0 Å². The summed E-state index contributed by atoms with van der Waals surface area (Å²) in [6.45, 7) is 2.35. The smallest absolute Gasteiger partial charge is 0.340 e. The lowest BCUT2D eigenvalue weighted by Crippen LogP contribution is -2.36. The van der Waals surface area contributed by atoms with Crippen molar-refractivity contribution in [2.75, 3.05) is 49.9 Å². The second-order valence-electron chi connectivity index (χ2n) is 7.02. The molecule has 2 aromatic carbocycles. The predicted octanol–water partition coefficient (Wildman–Crippen LogP) is 1.87. The standard InChI is InChI=1S/C20H21N3O8S/c1-30-20(25)17-12-14(22-5-7-31-8-6-22)3-4-18(17)21-19(24)13-9-15(23(26)27)11-16(10-13)32(2,28)29/h3-4,9-12H,5-8H2,1-2H3,(H,21,24). The number of rotatable bonds is 6. The van der Waals surface area contributed by atoms with E-state index in [1.54, 1.807) is 12.1 Å². The van der Waals surface area contributed by atoms with E-state index in [-0.39, 0.29) is 21.7 Å². The van der Waals surface area contributed by atoms with Crippen LogP contribution in [-0.4, -0.2) is 64.9 Å². The number of anilines is 2. The van der Waals surface area contributed by atoms with Crippen molar-refractivity contribution in [2.45, 2.75) is 4.90 Å². The number of carbonyl (C=O) groups excluding carboxylic acids is 2. The van der Waals surface area contributed by atoms with Crippen LogP contribution in [0.1, 0.15) is 20.7 Å². The van der Waals surface area contributed by atoms with E-state index >= 15 is 0 Å². The van der Waals surface area contributed by atoms with Gasteiger partial charge in [0.25, 0.3) is 11.6 Å². The normalized spacial score (nSPS) is 14.0. The summed E-state index contributed by atoms with van der Waals surface area (Å²) in [5.41, 5.74) is 0.146. The van der Waals surface area contributed by atoms with Gasteiger partial charge >= 0.3 is 5.97 Å². The molecule has 0 bridgehead atoms. The van der Waals surface area contributed by atoms with E-state index in [0.29, 0.717) is 26.3 Å².